The number of thiophene rings is 1. The van der Waals surface area contributed by atoms with E-state index in [1.807, 2.05) is 43.3 Å². The van der Waals surface area contributed by atoms with Gasteiger partial charge in [-0.05, 0) is 42.7 Å². The molecule has 0 saturated carbocycles. The van der Waals surface area contributed by atoms with Gasteiger partial charge in [-0.15, -0.1) is 11.3 Å². The molecule has 2 rings (SSSR count). The minimum Gasteiger partial charge on any atom is -0.484 e. The second kappa shape index (κ2) is 7.75. The number of ether oxygens (including phenoxy) is 1. The van der Waals surface area contributed by atoms with Gasteiger partial charge in [0.2, 0.25) is 0 Å². The van der Waals surface area contributed by atoms with E-state index in [4.69, 9.17) is 4.74 Å². The number of hydrazone groups is 1. The lowest BCUT2D eigenvalue weighted by Crippen LogP contribution is -2.24. The summed E-state index contributed by atoms with van der Waals surface area (Å²) in [5, 5.41) is 3.91. The molecule has 0 unspecified atom stereocenters. The summed E-state index contributed by atoms with van der Waals surface area (Å²) in [6, 6.07) is 11.7. The second-order valence-corrected chi connectivity index (χ2v) is 6.57. The Kier molecular flexibility index (Phi) is 5.72. The summed E-state index contributed by atoms with van der Waals surface area (Å²) < 4.78 is 5.43. The van der Waals surface area contributed by atoms with Gasteiger partial charge in [-0.3, -0.25) is 4.79 Å². The highest BCUT2D eigenvalue weighted by molar-refractivity contribution is 7.13. The molecule has 22 heavy (non-hydrogen) atoms. The Hall–Kier alpha value is -2.14. The number of nitrogens with one attached hydrogen (secondary N) is 1. The third-order valence-electron chi connectivity index (χ3n) is 3.06. The van der Waals surface area contributed by atoms with E-state index in [9.17, 15) is 4.79 Å². The maximum atomic E-state index is 11.6. The highest BCUT2D eigenvalue weighted by Crippen LogP contribution is 2.18. The standard InChI is InChI=1S/C17H20N2O2S/c1-12(2)14-5-7-15(8-6-14)21-11-17(20)19-18-10-16-9-4-13(3)22-16/h4-10,12H,11H2,1-3H3,(H,19,20)/b18-10+. The quantitative estimate of drug-likeness (QED) is 0.652. The van der Waals surface area contributed by atoms with Gasteiger partial charge in [-0.25, -0.2) is 5.43 Å². The van der Waals surface area contributed by atoms with Crippen molar-refractivity contribution in [1.29, 1.82) is 0 Å². The normalized spacial score (nSPS) is 11.1. The lowest BCUT2D eigenvalue weighted by atomic mass is 10.0. The van der Waals surface area contributed by atoms with Crippen molar-refractivity contribution >= 4 is 23.5 Å². The Morgan fingerprint density at radius 1 is 1.27 bits per heavy atom. The van der Waals surface area contributed by atoms with Crippen LogP contribution in [0.1, 0.15) is 35.1 Å². The van der Waals surface area contributed by atoms with Crippen LogP contribution in [-0.2, 0) is 4.79 Å². The SMILES string of the molecule is Cc1ccc(/C=N/NC(=O)COc2ccc(C(C)C)cc2)s1. The summed E-state index contributed by atoms with van der Waals surface area (Å²) in [6.45, 7) is 6.24. The molecule has 4 nitrogen and oxygen atoms in total. The molecule has 5 heteroatoms. The fraction of sp³-hybridized carbons (Fsp3) is 0.294. The molecular formula is C17H20N2O2S. The number of carbonyl (C=O) groups excluding carboxylic acids is 1. The van der Waals surface area contributed by atoms with Gasteiger partial charge in [0, 0.05) is 9.75 Å². The van der Waals surface area contributed by atoms with Gasteiger partial charge < -0.3 is 4.74 Å². The predicted molar refractivity (Wildman–Crippen MR) is 90.8 cm³/mol. The third kappa shape index (κ3) is 5.00. The summed E-state index contributed by atoms with van der Waals surface area (Å²) in [5.41, 5.74) is 3.70. The highest BCUT2D eigenvalue weighted by atomic mass is 32.1. The van der Waals surface area contributed by atoms with Crippen LogP contribution in [0, 0.1) is 6.92 Å². The topological polar surface area (TPSA) is 50.7 Å². The Labute approximate surface area is 134 Å². The molecule has 1 aromatic heterocycles. The Bertz CT molecular complexity index is 645. The summed E-state index contributed by atoms with van der Waals surface area (Å²) in [4.78, 5) is 13.9. The van der Waals surface area contributed by atoms with Crippen molar-refractivity contribution in [1.82, 2.24) is 5.43 Å². The van der Waals surface area contributed by atoms with E-state index < -0.39 is 0 Å². The number of hydrogen-bond acceptors (Lipinski definition) is 4. The summed E-state index contributed by atoms with van der Waals surface area (Å²) in [7, 11) is 0. The largest absolute Gasteiger partial charge is 0.484 e. The van der Waals surface area contributed by atoms with Crippen LogP contribution in [0.3, 0.4) is 0 Å². The molecule has 0 atom stereocenters. The van der Waals surface area contributed by atoms with Gasteiger partial charge in [0.05, 0.1) is 6.21 Å². The molecule has 2 aromatic rings. The van der Waals surface area contributed by atoms with Crippen LogP contribution in [0.2, 0.25) is 0 Å². The zero-order valence-corrected chi connectivity index (χ0v) is 13.8. The summed E-state index contributed by atoms with van der Waals surface area (Å²) in [6.07, 6.45) is 1.63. The monoisotopic (exact) mass is 316 g/mol. The van der Waals surface area contributed by atoms with Gasteiger partial charge in [0.1, 0.15) is 5.75 Å². The van der Waals surface area contributed by atoms with Crippen molar-refractivity contribution in [3.05, 3.63) is 51.7 Å². The van der Waals surface area contributed by atoms with Crippen molar-refractivity contribution in [2.75, 3.05) is 6.61 Å². The predicted octanol–water partition coefficient (Wildman–Crippen LogP) is 3.71. The van der Waals surface area contributed by atoms with Gasteiger partial charge in [-0.1, -0.05) is 26.0 Å². The van der Waals surface area contributed by atoms with Crippen molar-refractivity contribution in [2.45, 2.75) is 26.7 Å². The van der Waals surface area contributed by atoms with Crippen LogP contribution in [0.4, 0.5) is 0 Å². The van der Waals surface area contributed by atoms with E-state index in [-0.39, 0.29) is 12.5 Å². The molecule has 1 N–H and O–H groups in total. The number of rotatable bonds is 6. The van der Waals surface area contributed by atoms with Crippen molar-refractivity contribution in [3.63, 3.8) is 0 Å². The number of benzene rings is 1. The smallest absolute Gasteiger partial charge is 0.277 e. The van der Waals surface area contributed by atoms with Crippen LogP contribution in [-0.4, -0.2) is 18.7 Å². The van der Waals surface area contributed by atoms with Gasteiger partial charge in [0.15, 0.2) is 6.61 Å². The fourth-order valence-electron chi connectivity index (χ4n) is 1.82. The van der Waals surface area contributed by atoms with E-state index >= 15 is 0 Å². The molecule has 0 fully saturated rings. The van der Waals surface area contributed by atoms with Crippen LogP contribution in [0.5, 0.6) is 5.75 Å². The molecule has 0 spiro atoms. The highest BCUT2D eigenvalue weighted by Gasteiger charge is 2.03. The lowest BCUT2D eigenvalue weighted by molar-refractivity contribution is -0.123. The summed E-state index contributed by atoms with van der Waals surface area (Å²) in [5.74, 6) is 0.877. The average Bonchev–Trinajstić information content (AvgIpc) is 2.91. The molecule has 1 aromatic carbocycles. The zero-order chi connectivity index (χ0) is 15.9. The number of aryl methyl sites for hydroxylation is 1. The maximum absolute atomic E-state index is 11.6. The number of carbonyl (C=O) groups is 1. The van der Waals surface area contributed by atoms with Crippen molar-refractivity contribution in [3.8, 4) is 5.75 Å². The molecule has 0 saturated heterocycles. The van der Waals surface area contributed by atoms with Crippen LogP contribution in [0.25, 0.3) is 0 Å². The molecule has 0 aliphatic carbocycles. The van der Waals surface area contributed by atoms with Gasteiger partial charge >= 0.3 is 0 Å². The molecule has 0 radical (unpaired) electrons. The average molecular weight is 316 g/mol. The van der Waals surface area contributed by atoms with E-state index in [1.165, 1.54) is 10.4 Å². The second-order valence-electron chi connectivity index (χ2n) is 5.25. The fourth-order valence-corrected chi connectivity index (χ4v) is 2.57. The zero-order valence-electron chi connectivity index (χ0n) is 13.0. The molecule has 1 amide bonds. The maximum Gasteiger partial charge on any atom is 0.277 e. The minimum atomic E-state index is -0.280. The number of hydrogen-bond donors (Lipinski definition) is 1. The first-order valence-electron chi connectivity index (χ1n) is 7.15. The van der Waals surface area contributed by atoms with Crippen LogP contribution >= 0.6 is 11.3 Å². The first kappa shape index (κ1) is 16.2. The van der Waals surface area contributed by atoms with E-state index in [0.29, 0.717) is 11.7 Å². The molecule has 116 valence electrons. The number of nitrogens with zero attached hydrogens (tertiary/aromatic N) is 1. The minimum absolute atomic E-state index is 0.0537. The van der Waals surface area contributed by atoms with Crippen LogP contribution in [0.15, 0.2) is 41.5 Å². The summed E-state index contributed by atoms with van der Waals surface area (Å²) >= 11 is 1.62. The van der Waals surface area contributed by atoms with Crippen molar-refractivity contribution in [2.24, 2.45) is 5.10 Å². The third-order valence-corrected chi connectivity index (χ3v) is 3.99. The molecular weight excluding hydrogens is 296 g/mol. The molecule has 0 aliphatic heterocycles. The lowest BCUT2D eigenvalue weighted by Gasteiger charge is -2.08. The molecule has 0 bridgehead atoms. The Morgan fingerprint density at radius 3 is 2.59 bits per heavy atom. The first-order valence-corrected chi connectivity index (χ1v) is 7.97. The van der Waals surface area contributed by atoms with Gasteiger partial charge in [-0.2, -0.15) is 5.10 Å². The first-order chi connectivity index (χ1) is 10.5. The molecule has 1 heterocycles. The Balaban J connectivity index is 1.76. The van der Waals surface area contributed by atoms with E-state index in [0.717, 1.165) is 4.88 Å². The number of amides is 1. The van der Waals surface area contributed by atoms with E-state index in [2.05, 4.69) is 24.4 Å². The van der Waals surface area contributed by atoms with Gasteiger partial charge in [0.25, 0.3) is 5.91 Å². The van der Waals surface area contributed by atoms with E-state index in [1.54, 1.807) is 17.6 Å². The Morgan fingerprint density at radius 2 is 2.00 bits per heavy atom. The van der Waals surface area contributed by atoms with Crippen molar-refractivity contribution < 1.29 is 9.53 Å². The molecule has 0 aliphatic rings. The van der Waals surface area contributed by atoms with Crippen LogP contribution < -0.4 is 10.2 Å².